The molecule has 0 aromatic carbocycles. The zero-order chi connectivity index (χ0) is 13.7. The highest BCUT2D eigenvalue weighted by molar-refractivity contribution is 7.09. The average molecular weight is 277 g/mol. The molecule has 0 spiro atoms. The van der Waals surface area contributed by atoms with Crippen LogP contribution in [0.3, 0.4) is 0 Å². The van der Waals surface area contributed by atoms with Gasteiger partial charge in [-0.05, 0) is 32.2 Å². The lowest BCUT2D eigenvalue weighted by atomic mass is 10.2. The molecule has 1 atom stereocenters. The first-order chi connectivity index (χ1) is 9.17. The van der Waals surface area contributed by atoms with Crippen molar-refractivity contribution in [2.24, 2.45) is 0 Å². The molecule has 0 fully saturated rings. The number of nitrogens with zero attached hydrogens (tertiary/aromatic N) is 2. The summed E-state index contributed by atoms with van der Waals surface area (Å²) in [6, 6.07) is 6.35. The molecule has 0 aliphatic carbocycles. The van der Waals surface area contributed by atoms with E-state index in [0.717, 1.165) is 12.1 Å². The Morgan fingerprint density at radius 3 is 2.95 bits per heavy atom. The van der Waals surface area contributed by atoms with Crippen LogP contribution in [0.5, 0.6) is 5.88 Å². The van der Waals surface area contributed by atoms with Crippen molar-refractivity contribution < 1.29 is 4.74 Å². The van der Waals surface area contributed by atoms with Gasteiger partial charge < -0.3 is 10.1 Å². The van der Waals surface area contributed by atoms with E-state index in [9.17, 15) is 0 Å². The van der Waals surface area contributed by atoms with Gasteiger partial charge >= 0.3 is 0 Å². The molecule has 0 radical (unpaired) electrons. The van der Waals surface area contributed by atoms with Crippen molar-refractivity contribution in [1.29, 1.82) is 0 Å². The van der Waals surface area contributed by atoms with Crippen LogP contribution in [0, 0.1) is 6.92 Å². The molecule has 4 nitrogen and oxygen atoms in total. The molecule has 2 aromatic heterocycles. The van der Waals surface area contributed by atoms with Crippen molar-refractivity contribution in [2.45, 2.75) is 33.2 Å². The summed E-state index contributed by atoms with van der Waals surface area (Å²) >= 11 is 1.77. The number of aromatic nitrogens is 2. The Kier molecular flexibility index (Phi) is 4.74. The van der Waals surface area contributed by atoms with E-state index < -0.39 is 0 Å². The Morgan fingerprint density at radius 2 is 2.26 bits per heavy atom. The predicted molar refractivity (Wildman–Crippen MR) is 79.0 cm³/mol. The third kappa shape index (κ3) is 4.21. The monoisotopic (exact) mass is 277 g/mol. The van der Waals surface area contributed by atoms with Crippen molar-refractivity contribution in [2.75, 3.05) is 11.9 Å². The van der Waals surface area contributed by atoms with Gasteiger partial charge in [0, 0.05) is 29.1 Å². The molecule has 0 amide bonds. The standard InChI is InChI=1S/C14H19N3OS/c1-4-18-13-9-11(3)16-14(17-13)15-10(2)8-12-6-5-7-19-12/h5-7,9-10H,4,8H2,1-3H3,(H,15,16,17). The highest BCUT2D eigenvalue weighted by Gasteiger charge is 2.08. The van der Waals surface area contributed by atoms with Gasteiger partial charge in [-0.2, -0.15) is 4.98 Å². The maximum Gasteiger partial charge on any atom is 0.226 e. The molecule has 0 aliphatic heterocycles. The fourth-order valence-corrected chi connectivity index (χ4v) is 2.66. The van der Waals surface area contributed by atoms with E-state index in [1.165, 1.54) is 4.88 Å². The van der Waals surface area contributed by atoms with Crippen LogP contribution >= 0.6 is 11.3 Å². The fraction of sp³-hybridized carbons (Fsp3) is 0.429. The zero-order valence-corrected chi connectivity index (χ0v) is 12.3. The number of aryl methyl sites for hydroxylation is 1. The minimum Gasteiger partial charge on any atom is -0.478 e. The third-order valence-electron chi connectivity index (χ3n) is 2.59. The molecule has 0 aliphatic rings. The number of nitrogens with one attached hydrogen (secondary N) is 1. The lowest BCUT2D eigenvalue weighted by molar-refractivity contribution is 0.326. The summed E-state index contributed by atoms with van der Waals surface area (Å²) in [4.78, 5) is 10.1. The number of anilines is 1. The first-order valence-electron chi connectivity index (χ1n) is 6.44. The molecule has 5 heteroatoms. The molecule has 1 unspecified atom stereocenters. The molecule has 0 saturated carbocycles. The zero-order valence-electron chi connectivity index (χ0n) is 11.5. The lowest BCUT2D eigenvalue weighted by Gasteiger charge is -2.14. The van der Waals surface area contributed by atoms with Crippen molar-refractivity contribution in [3.05, 3.63) is 34.2 Å². The Hall–Kier alpha value is -1.62. The molecule has 0 bridgehead atoms. The molecule has 2 rings (SSSR count). The maximum atomic E-state index is 5.43. The SMILES string of the molecule is CCOc1cc(C)nc(NC(C)Cc2cccs2)n1. The highest BCUT2D eigenvalue weighted by Crippen LogP contribution is 2.15. The van der Waals surface area contributed by atoms with Gasteiger partial charge in [-0.3, -0.25) is 0 Å². The number of hydrogen-bond donors (Lipinski definition) is 1. The van der Waals surface area contributed by atoms with E-state index in [2.05, 4.69) is 39.7 Å². The van der Waals surface area contributed by atoms with Crippen LogP contribution in [0.2, 0.25) is 0 Å². The smallest absolute Gasteiger partial charge is 0.226 e. The third-order valence-corrected chi connectivity index (χ3v) is 3.48. The van der Waals surface area contributed by atoms with Crippen LogP contribution in [0.25, 0.3) is 0 Å². The van der Waals surface area contributed by atoms with Crippen molar-refractivity contribution in [3.8, 4) is 5.88 Å². The van der Waals surface area contributed by atoms with Gasteiger partial charge in [0.25, 0.3) is 0 Å². The molecular weight excluding hydrogens is 258 g/mol. The van der Waals surface area contributed by atoms with Crippen LogP contribution in [0.1, 0.15) is 24.4 Å². The highest BCUT2D eigenvalue weighted by atomic mass is 32.1. The summed E-state index contributed by atoms with van der Waals surface area (Å²) in [6.45, 7) is 6.63. The second-order valence-corrected chi connectivity index (χ2v) is 5.47. The normalized spacial score (nSPS) is 12.2. The molecule has 1 N–H and O–H groups in total. The van der Waals surface area contributed by atoms with Crippen LogP contribution in [0.15, 0.2) is 23.6 Å². The summed E-state index contributed by atoms with van der Waals surface area (Å²) in [7, 11) is 0. The largest absolute Gasteiger partial charge is 0.478 e. The molecule has 2 aromatic rings. The summed E-state index contributed by atoms with van der Waals surface area (Å²) in [5, 5.41) is 5.42. The molecular formula is C14H19N3OS. The second-order valence-electron chi connectivity index (χ2n) is 4.43. The Morgan fingerprint density at radius 1 is 1.42 bits per heavy atom. The first kappa shape index (κ1) is 13.8. The Bertz CT molecular complexity index is 513. The average Bonchev–Trinajstić information content (AvgIpc) is 2.81. The van der Waals surface area contributed by atoms with Gasteiger partial charge in [0.15, 0.2) is 0 Å². The first-order valence-corrected chi connectivity index (χ1v) is 7.32. The van der Waals surface area contributed by atoms with Crippen molar-refractivity contribution >= 4 is 17.3 Å². The van der Waals surface area contributed by atoms with Crippen molar-refractivity contribution in [1.82, 2.24) is 9.97 Å². The second kappa shape index (κ2) is 6.52. The minimum atomic E-state index is 0.287. The summed E-state index contributed by atoms with van der Waals surface area (Å²) in [5.74, 6) is 1.26. The van der Waals surface area contributed by atoms with E-state index >= 15 is 0 Å². The van der Waals surface area contributed by atoms with E-state index in [-0.39, 0.29) is 6.04 Å². The number of thiophene rings is 1. The summed E-state index contributed by atoms with van der Waals surface area (Å²) < 4.78 is 5.43. The Balaban J connectivity index is 2.01. The van der Waals surface area contributed by atoms with Crippen LogP contribution in [-0.2, 0) is 6.42 Å². The summed E-state index contributed by atoms with van der Waals surface area (Å²) in [5.41, 5.74) is 0.907. The van der Waals surface area contributed by atoms with E-state index in [1.54, 1.807) is 11.3 Å². The predicted octanol–water partition coefficient (Wildman–Crippen LogP) is 3.29. The number of rotatable bonds is 6. The van der Waals surface area contributed by atoms with E-state index in [1.807, 2.05) is 19.9 Å². The Labute approximate surface area is 117 Å². The van der Waals surface area contributed by atoms with Crippen LogP contribution < -0.4 is 10.1 Å². The maximum absolute atomic E-state index is 5.43. The van der Waals surface area contributed by atoms with Gasteiger partial charge in [0.2, 0.25) is 11.8 Å². The minimum absolute atomic E-state index is 0.287. The van der Waals surface area contributed by atoms with Gasteiger partial charge in [-0.25, -0.2) is 4.98 Å². The van der Waals surface area contributed by atoms with E-state index in [0.29, 0.717) is 18.4 Å². The van der Waals surface area contributed by atoms with Gasteiger partial charge in [0.05, 0.1) is 6.61 Å². The van der Waals surface area contributed by atoms with E-state index in [4.69, 9.17) is 4.74 Å². The van der Waals surface area contributed by atoms with Gasteiger partial charge in [-0.15, -0.1) is 11.3 Å². The number of hydrogen-bond acceptors (Lipinski definition) is 5. The lowest BCUT2D eigenvalue weighted by Crippen LogP contribution is -2.19. The molecule has 0 saturated heterocycles. The quantitative estimate of drug-likeness (QED) is 0.880. The topological polar surface area (TPSA) is 47.0 Å². The molecule has 2 heterocycles. The molecule has 19 heavy (non-hydrogen) atoms. The number of ether oxygens (including phenoxy) is 1. The fourth-order valence-electron chi connectivity index (χ4n) is 1.83. The van der Waals surface area contributed by atoms with Crippen LogP contribution in [-0.4, -0.2) is 22.6 Å². The van der Waals surface area contributed by atoms with Gasteiger partial charge in [-0.1, -0.05) is 6.07 Å². The summed E-state index contributed by atoms with van der Waals surface area (Å²) in [6.07, 6.45) is 0.971. The van der Waals surface area contributed by atoms with Crippen LogP contribution in [0.4, 0.5) is 5.95 Å². The molecule has 102 valence electrons. The van der Waals surface area contributed by atoms with Crippen molar-refractivity contribution in [3.63, 3.8) is 0 Å². The van der Waals surface area contributed by atoms with Gasteiger partial charge in [0.1, 0.15) is 0 Å².